The third-order valence-electron chi connectivity index (χ3n) is 5.60. The summed E-state index contributed by atoms with van der Waals surface area (Å²) in [6.07, 6.45) is 3.71. The SMILES string of the molecule is CCn1c2ccccc2c2cc(N(Cc3ccccn3)Cc3ccccn3)ccc21. The van der Waals surface area contributed by atoms with Gasteiger partial charge in [-0.05, 0) is 55.5 Å². The third kappa shape index (κ3) is 3.41. The van der Waals surface area contributed by atoms with E-state index in [2.05, 4.69) is 81.0 Å². The number of rotatable bonds is 6. The van der Waals surface area contributed by atoms with Crippen LogP contribution in [0.15, 0.2) is 91.3 Å². The number of fused-ring (bicyclic) bond motifs is 3. The summed E-state index contributed by atoms with van der Waals surface area (Å²) >= 11 is 0. The highest BCUT2D eigenvalue weighted by Gasteiger charge is 2.14. The lowest BCUT2D eigenvalue weighted by atomic mass is 10.1. The second-order valence-corrected chi connectivity index (χ2v) is 7.46. The van der Waals surface area contributed by atoms with Crippen molar-refractivity contribution in [1.82, 2.24) is 14.5 Å². The number of para-hydroxylation sites is 1. The normalized spacial score (nSPS) is 11.2. The first-order valence-corrected chi connectivity index (χ1v) is 10.4. The molecule has 0 spiro atoms. The number of aromatic nitrogens is 3. The van der Waals surface area contributed by atoms with Crippen LogP contribution in [0.5, 0.6) is 0 Å². The highest BCUT2D eigenvalue weighted by molar-refractivity contribution is 6.09. The van der Waals surface area contributed by atoms with Gasteiger partial charge in [0.25, 0.3) is 0 Å². The number of nitrogens with zero attached hydrogens (tertiary/aromatic N) is 4. The molecular weight excluding hydrogens is 368 g/mol. The molecule has 2 aromatic carbocycles. The maximum absolute atomic E-state index is 4.55. The minimum Gasteiger partial charge on any atom is -0.360 e. The predicted molar refractivity (Wildman–Crippen MR) is 123 cm³/mol. The molecule has 0 saturated carbocycles. The third-order valence-corrected chi connectivity index (χ3v) is 5.60. The van der Waals surface area contributed by atoms with Crippen molar-refractivity contribution in [2.24, 2.45) is 0 Å². The van der Waals surface area contributed by atoms with Crippen molar-refractivity contribution in [2.45, 2.75) is 26.6 Å². The topological polar surface area (TPSA) is 34.0 Å². The molecule has 0 saturated heterocycles. The molecule has 5 aromatic rings. The van der Waals surface area contributed by atoms with Gasteiger partial charge >= 0.3 is 0 Å². The number of hydrogen-bond acceptors (Lipinski definition) is 3. The molecule has 0 N–H and O–H groups in total. The van der Waals surface area contributed by atoms with E-state index < -0.39 is 0 Å². The van der Waals surface area contributed by atoms with Crippen molar-refractivity contribution in [3.8, 4) is 0 Å². The van der Waals surface area contributed by atoms with E-state index in [0.717, 1.165) is 31.0 Å². The maximum Gasteiger partial charge on any atom is 0.0606 e. The molecule has 4 heteroatoms. The summed E-state index contributed by atoms with van der Waals surface area (Å²) < 4.78 is 2.39. The smallest absolute Gasteiger partial charge is 0.0606 e. The number of hydrogen-bond donors (Lipinski definition) is 0. The molecule has 0 aliphatic carbocycles. The van der Waals surface area contributed by atoms with E-state index in [0.29, 0.717) is 0 Å². The van der Waals surface area contributed by atoms with Gasteiger partial charge in [0.05, 0.1) is 24.5 Å². The summed E-state index contributed by atoms with van der Waals surface area (Å²) in [7, 11) is 0. The molecule has 148 valence electrons. The Kier molecular flexibility index (Phi) is 4.89. The molecule has 0 aliphatic heterocycles. The molecule has 0 aliphatic rings. The van der Waals surface area contributed by atoms with E-state index in [9.17, 15) is 0 Å². The summed E-state index contributed by atoms with van der Waals surface area (Å²) in [5.74, 6) is 0. The average molecular weight is 393 g/mol. The molecule has 0 atom stereocenters. The standard InChI is InChI=1S/C26H24N4/c1-2-30-25-12-4-3-11-23(25)24-17-22(13-14-26(24)30)29(18-20-9-5-7-15-27-20)19-21-10-6-8-16-28-21/h3-17H,2,18-19H2,1H3. The van der Waals surface area contributed by atoms with E-state index >= 15 is 0 Å². The Bertz CT molecular complexity index is 1230. The first-order valence-electron chi connectivity index (χ1n) is 10.4. The van der Waals surface area contributed by atoms with Crippen molar-refractivity contribution in [2.75, 3.05) is 4.90 Å². The largest absolute Gasteiger partial charge is 0.360 e. The number of benzene rings is 2. The molecule has 3 aromatic heterocycles. The molecule has 4 nitrogen and oxygen atoms in total. The summed E-state index contributed by atoms with van der Waals surface area (Å²) in [6, 6.07) is 27.6. The van der Waals surface area contributed by atoms with E-state index in [1.807, 2.05) is 36.7 Å². The lowest BCUT2D eigenvalue weighted by Crippen LogP contribution is -2.23. The summed E-state index contributed by atoms with van der Waals surface area (Å²) in [4.78, 5) is 11.4. The van der Waals surface area contributed by atoms with Gasteiger partial charge in [-0.3, -0.25) is 9.97 Å². The molecule has 3 heterocycles. The van der Waals surface area contributed by atoms with Gasteiger partial charge in [0.2, 0.25) is 0 Å². The van der Waals surface area contributed by atoms with Crippen LogP contribution in [-0.4, -0.2) is 14.5 Å². The Morgan fingerprint density at radius 1 is 0.700 bits per heavy atom. The fourth-order valence-electron chi connectivity index (χ4n) is 4.19. The van der Waals surface area contributed by atoms with Crippen LogP contribution in [0.4, 0.5) is 5.69 Å². The van der Waals surface area contributed by atoms with E-state index in [4.69, 9.17) is 0 Å². The number of aryl methyl sites for hydroxylation is 1. The molecule has 0 unspecified atom stereocenters. The van der Waals surface area contributed by atoms with Gasteiger partial charge in [-0.15, -0.1) is 0 Å². The van der Waals surface area contributed by atoms with Crippen LogP contribution in [0.2, 0.25) is 0 Å². The monoisotopic (exact) mass is 392 g/mol. The predicted octanol–water partition coefficient (Wildman–Crippen LogP) is 5.81. The Labute approximate surface area is 176 Å². The summed E-state index contributed by atoms with van der Waals surface area (Å²) in [5, 5.41) is 2.59. The van der Waals surface area contributed by atoms with E-state index in [-0.39, 0.29) is 0 Å². The van der Waals surface area contributed by atoms with E-state index in [1.165, 1.54) is 27.5 Å². The van der Waals surface area contributed by atoms with Crippen LogP contribution in [0, 0.1) is 0 Å². The van der Waals surface area contributed by atoms with Crippen LogP contribution >= 0.6 is 0 Å². The Balaban J connectivity index is 1.61. The van der Waals surface area contributed by atoms with Gasteiger partial charge in [0.15, 0.2) is 0 Å². The quantitative estimate of drug-likeness (QED) is 0.366. The van der Waals surface area contributed by atoms with Crippen LogP contribution in [-0.2, 0) is 19.6 Å². The highest BCUT2D eigenvalue weighted by Crippen LogP contribution is 2.32. The van der Waals surface area contributed by atoms with Gasteiger partial charge in [-0.25, -0.2) is 0 Å². The first-order chi connectivity index (χ1) is 14.8. The Morgan fingerprint density at radius 3 is 1.97 bits per heavy atom. The highest BCUT2D eigenvalue weighted by atomic mass is 15.1. The van der Waals surface area contributed by atoms with Crippen LogP contribution in [0.1, 0.15) is 18.3 Å². The van der Waals surface area contributed by atoms with Gasteiger partial charge in [0.1, 0.15) is 0 Å². The van der Waals surface area contributed by atoms with Crippen LogP contribution < -0.4 is 4.90 Å². The first kappa shape index (κ1) is 18.4. The zero-order chi connectivity index (χ0) is 20.3. The van der Waals surface area contributed by atoms with Crippen LogP contribution in [0.25, 0.3) is 21.8 Å². The minimum atomic E-state index is 0.731. The zero-order valence-electron chi connectivity index (χ0n) is 17.1. The number of anilines is 1. The summed E-state index contributed by atoms with van der Waals surface area (Å²) in [6.45, 7) is 4.62. The second-order valence-electron chi connectivity index (χ2n) is 7.46. The van der Waals surface area contributed by atoms with Gasteiger partial charge in [-0.2, -0.15) is 0 Å². The molecule has 0 fully saturated rings. The molecule has 5 rings (SSSR count). The van der Waals surface area contributed by atoms with Crippen molar-refractivity contribution in [3.63, 3.8) is 0 Å². The molecule has 0 radical (unpaired) electrons. The maximum atomic E-state index is 4.55. The second kappa shape index (κ2) is 7.99. The molecular formula is C26H24N4. The van der Waals surface area contributed by atoms with Crippen molar-refractivity contribution >= 4 is 27.5 Å². The molecule has 0 bridgehead atoms. The Hall–Kier alpha value is -3.66. The summed E-state index contributed by atoms with van der Waals surface area (Å²) in [5.41, 5.74) is 5.83. The van der Waals surface area contributed by atoms with Gasteiger partial charge < -0.3 is 9.47 Å². The lowest BCUT2D eigenvalue weighted by Gasteiger charge is -2.24. The Morgan fingerprint density at radius 2 is 1.33 bits per heavy atom. The fraction of sp³-hybridized carbons (Fsp3) is 0.154. The number of pyridine rings is 2. The van der Waals surface area contributed by atoms with Crippen LogP contribution in [0.3, 0.4) is 0 Å². The van der Waals surface area contributed by atoms with Crippen molar-refractivity contribution in [3.05, 3.63) is 103 Å². The fourth-order valence-corrected chi connectivity index (χ4v) is 4.19. The zero-order valence-corrected chi connectivity index (χ0v) is 17.1. The van der Waals surface area contributed by atoms with Crippen molar-refractivity contribution < 1.29 is 0 Å². The van der Waals surface area contributed by atoms with Crippen molar-refractivity contribution in [1.29, 1.82) is 0 Å². The molecule has 0 amide bonds. The van der Waals surface area contributed by atoms with Gasteiger partial charge in [-0.1, -0.05) is 30.3 Å². The lowest BCUT2D eigenvalue weighted by molar-refractivity contribution is 0.765. The van der Waals surface area contributed by atoms with Gasteiger partial charge in [0, 0.05) is 46.4 Å². The minimum absolute atomic E-state index is 0.731. The van der Waals surface area contributed by atoms with E-state index in [1.54, 1.807) is 0 Å². The average Bonchev–Trinajstić information content (AvgIpc) is 3.13. The molecule has 30 heavy (non-hydrogen) atoms.